The molecule has 4 N–H and O–H groups in total. The van der Waals surface area contributed by atoms with Crippen LogP contribution in [-0.2, 0) is 0 Å². The summed E-state index contributed by atoms with van der Waals surface area (Å²) in [6.07, 6.45) is -0.452. The Balaban J connectivity index is 3.32. The maximum atomic E-state index is 8.79. The fourth-order valence-electron chi connectivity index (χ4n) is 0.489. The van der Waals surface area contributed by atoms with Crippen LogP contribution in [0, 0.1) is 5.92 Å². The summed E-state index contributed by atoms with van der Waals surface area (Å²) in [7, 11) is 0. The molecule has 0 amide bonds. The number of aliphatic hydroxyl groups excluding tert-OH is 2. The molecule has 0 aliphatic carbocycles. The molecule has 0 aromatic heterocycles. The summed E-state index contributed by atoms with van der Waals surface area (Å²) in [4.78, 5) is 0. The molecule has 4 heteroatoms. The first-order valence-corrected chi connectivity index (χ1v) is 2.91. The lowest BCUT2D eigenvalue weighted by molar-refractivity contribution is -0.0344. The SMILES string of the molecule is CC(CCO)C(O)NO. The molecule has 0 aromatic rings. The number of hydrogen-bond acceptors (Lipinski definition) is 4. The molecule has 0 aliphatic heterocycles. The van der Waals surface area contributed by atoms with Gasteiger partial charge in [0.05, 0.1) is 0 Å². The third-order valence-corrected chi connectivity index (χ3v) is 1.26. The van der Waals surface area contributed by atoms with Gasteiger partial charge in [0.1, 0.15) is 6.23 Å². The fraction of sp³-hybridized carbons (Fsp3) is 1.00. The number of aliphatic hydroxyl groups is 2. The van der Waals surface area contributed by atoms with E-state index in [1.165, 1.54) is 0 Å². The van der Waals surface area contributed by atoms with Crippen LogP contribution in [0.3, 0.4) is 0 Å². The van der Waals surface area contributed by atoms with E-state index in [2.05, 4.69) is 0 Å². The molecule has 0 radical (unpaired) electrons. The van der Waals surface area contributed by atoms with E-state index >= 15 is 0 Å². The van der Waals surface area contributed by atoms with Gasteiger partial charge in [-0.3, -0.25) is 0 Å². The van der Waals surface area contributed by atoms with Gasteiger partial charge in [0.15, 0.2) is 0 Å². The van der Waals surface area contributed by atoms with Gasteiger partial charge in [-0.1, -0.05) is 6.92 Å². The van der Waals surface area contributed by atoms with Crippen molar-refractivity contribution >= 4 is 0 Å². The van der Waals surface area contributed by atoms with E-state index in [4.69, 9.17) is 15.4 Å². The molecule has 0 aliphatic rings. The van der Waals surface area contributed by atoms with Crippen molar-refractivity contribution in [2.45, 2.75) is 19.6 Å². The minimum atomic E-state index is -0.933. The predicted octanol–water partition coefficient (Wildman–Crippen LogP) is -0.698. The number of nitrogens with one attached hydrogen (secondary N) is 1. The monoisotopic (exact) mass is 135 g/mol. The minimum absolute atomic E-state index is 0.0277. The summed E-state index contributed by atoms with van der Waals surface area (Å²) in [6.45, 7) is 1.75. The second kappa shape index (κ2) is 4.69. The Labute approximate surface area is 54.1 Å². The van der Waals surface area contributed by atoms with E-state index in [1.807, 2.05) is 0 Å². The maximum absolute atomic E-state index is 8.79. The quantitative estimate of drug-likeness (QED) is 0.304. The third-order valence-electron chi connectivity index (χ3n) is 1.26. The Morgan fingerprint density at radius 2 is 2.11 bits per heavy atom. The predicted molar refractivity (Wildman–Crippen MR) is 31.8 cm³/mol. The Morgan fingerprint density at radius 1 is 1.56 bits per heavy atom. The van der Waals surface area contributed by atoms with E-state index in [-0.39, 0.29) is 12.5 Å². The minimum Gasteiger partial charge on any atom is -0.396 e. The molecular weight excluding hydrogens is 122 g/mol. The molecule has 9 heavy (non-hydrogen) atoms. The van der Waals surface area contributed by atoms with Crippen LogP contribution >= 0.6 is 0 Å². The number of hydroxylamine groups is 1. The summed E-state index contributed by atoms with van der Waals surface area (Å²) in [5.74, 6) is -0.125. The molecular formula is C5H13NO3. The van der Waals surface area contributed by atoms with Crippen LogP contribution in [0.2, 0.25) is 0 Å². The van der Waals surface area contributed by atoms with Crippen LogP contribution in [0.4, 0.5) is 0 Å². The highest BCUT2D eigenvalue weighted by Gasteiger charge is 2.10. The average molecular weight is 135 g/mol. The summed E-state index contributed by atoms with van der Waals surface area (Å²) in [6, 6.07) is 0. The number of rotatable bonds is 4. The smallest absolute Gasteiger partial charge is 0.129 e. The van der Waals surface area contributed by atoms with Crippen molar-refractivity contribution in [1.29, 1.82) is 0 Å². The highest BCUT2D eigenvalue weighted by Crippen LogP contribution is 2.03. The van der Waals surface area contributed by atoms with Gasteiger partial charge in [-0.25, -0.2) is 0 Å². The van der Waals surface area contributed by atoms with Crippen molar-refractivity contribution in [1.82, 2.24) is 5.48 Å². The van der Waals surface area contributed by atoms with Gasteiger partial charge in [-0.15, -0.1) is 0 Å². The van der Waals surface area contributed by atoms with Gasteiger partial charge in [0, 0.05) is 6.61 Å². The summed E-state index contributed by atoms with van der Waals surface area (Å²) >= 11 is 0. The van der Waals surface area contributed by atoms with Crippen molar-refractivity contribution in [3.8, 4) is 0 Å². The molecule has 56 valence electrons. The summed E-state index contributed by atoms with van der Waals surface area (Å²) in [5.41, 5.74) is 1.69. The molecule has 2 atom stereocenters. The van der Waals surface area contributed by atoms with E-state index in [0.717, 1.165) is 0 Å². The topological polar surface area (TPSA) is 72.7 Å². The highest BCUT2D eigenvalue weighted by molar-refractivity contribution is 4.56. The Kier molecular flexibility index (Phi) is 4.61. The normalized spacial score (nSPS) is 17.3. The second-order valence-electron chi connectivity index (χ2n) is 2.06. The van der Waals surface area contributed by atoms with Gasteiger partial charge in [0.25, 0.3) is 0 Å². The van der Waals surface area contributed by atoms with Crippen molar-refractivity contribution < 1.29 is 15.4 Å². The van der Waals surface area contributed by atoms with Gasteiger partial charge in [-0.05, 0) is 12.3 Å². The van der Waals surface area contributed by atoms with Gasteiger partial charge in [0.2, 0.25) is 0 Å². The second-order valence-corrected chi connectivity index (χ2v) is 2.06. The Hall–Kier alpha value is -0.160. The fourth-order valence-corrected chi connectivity index (χ4v) is 0.489. The molecule has 0 bridgehead atoms. The molecule has 2 unspecified atom stereocenters. The van der Waals surface area contributed by atoms with Gasteiger partial charge in [-0.2, -0.15) is 5.48 Å². The zero-order valence-electron chi connectivity index (χ0n) is 5.41. The third kappa shape index (κ3) is 3.42. The first-order valence-electron chi connectivity index (χ1n) is 2.91. The molecule has 0 saturated carbocycles. The molecule has 0 rings (SSSR count). The zero-order valence-corrected chi connectivity index (χ0v) is 5.41. The van der Waals surface area contributed by atoms with Crippen LogP contribution in [-0.4, -0.2) is 28.3 Å². The first-order chi connectivity index (χ1) is 4.22. The average Bonchev–Trinajstić information content (AvgIpc) is 1.87. The lowest BCUT2D eigenvalue weighted by atomic mass is 10.1. The first kappa shape index (κ1) is 8.84. The molecule has 0 saturated heterocycles. The van der Waals surface area contributed by atoms with E-state index in [9.17, 15) is 0 Å². The molecule has 0 spiro atoms. The molecule has 0 fully saturated rings. The van der Waals surface area contributed by atoms with Crippen LogP contribution < -0.4 is 5.48 Å². The lowest BCUT2D eigenvalue weighted by Crippen LogP contribution is -2.32. The number of hydrogen-bond donors (Lipinski definition) is 4. The molecule has 0 heterocycles. The Morgan fingerprint density at radius 3 is 2.44 bits per heavy atom. The van der Waals surface area contributed by atoms with Crippen LogP contribution in [0.25, 0.3) is 0 Å². The summed E-state index contributed by atoms with van der Waals surface area (Å²) in [5, 5.41) is 25.3. The largest absolute Gasteiger partial charge is 0.396 e. The van der Waals surface area contributed by atoms with E-state index < -0.39 is 6.23 Å². The van der Waals surface area contributed by atoms with Crippen molar-refractivity contribution in [3.63, 3.8) is 0 Å². The van der Waals surface area contributed by atoms with E-state index in [0.29, 0.717) is 6.42 Å². The van der Waals surface area contributed by atoms with Crippen LogP contribution in [0.1, 0.15) is 13.3 Å². The Bertz CT molecular complexity index is 69.2. The standard InChI is InChI=1S/C5H13NO3/c1-4(2-3-7)5(8)6-9/h4-9H,2-3H2,1H3. The van der Waals surface area contributed by atoms with Gasteiger partial charge >= 0.3 is 0 Å². The van der Waals surface area contributed by atoms with E-state index in [1.54, 1.807) is 12.4 Å². The zero-order chi connectivity index (χ0) is 7.28. The summed E-state index contributed by atoms with van der Waals surface area (Å²) < 4.78 is 0. The van der Waals surface area contributed by atoms with Crippen molar-refractivity contribution in [2.75, 3.05) is 6.61 Å². The lowest BCUT2D eigenvalue weighted by Gasteiger charge is -2.14. The van der Waals surface area contributed by atoms with Crippen LogP contribution in [0.15, 0.2) is 0 Å². The van der Waals surface area contributed by atoms with Crippen molar-refractivity contribution in [2.24, 2.45) is 5.92 Å². The van der Waals surface area contributed by atoms with Gasteiger partial charge < -0.3 is 15.4 Å². The van der Waals surface area contributed by atoms with Crippen LogP contribution in [0.5, 0.6) is 0 Å². The molecule has 0 aromatic carbocycles. The highest BCUT2D eigenvalue weighted by atomic mass is 16.5. The molecule has 4 nitrogen and oxygen atoms in total. The maximum Gasteiger partial charge on any atom is 0.129 e. The van der Waals surface area contributed by atoms with Crippen molar-refractivity contribution in [3.05, 3.63) is 0 Å².